The van der Waals surface area contributed by atoms with Crippen LogP contribution in [0.4, 0.5) is 5.82 Å². The minimum atomic E-state index is 0.169. The molecule has 3 unspecified atom stereocenters. The third-order valence-corrected chi connectivity index (χ3v) is 5.58. The van der Waals surface area contributed by atoms with Crippen LogP contribution in [0, 0.1) is 11.8 Å². The molecule has 4 heteroatoms. The molecule has 2 aliphatic carbocycles. The summed E-state index contributed by atoms with van der Waals surface area (Å²) in [7, 11) is 0. The highest BCUT2D eigenvalue weighted by Gasteiger charge is 2.28. The van der Waals surface area contributed by atoms with Crippen LogP contribution >= 0.6 is 0 Å². The molecule has 25 heavy (non-hydrogen) atoms. The van der Waals surface area contributed by atoms with Crippen LogP contribution < -0.4 is 5.32 Å². The quantitative estimate of drug-likeness (QED) is 0.798. The summed E-state index contributed by atoms with van der Waals surface area (Å²) in [6, 6.07) is 0.412. The summed E-state index contributed by atoms with van der Waals surface area (Å²) < 4.78 is 0. The maximum Gasteiger partial charge on any atom is 0.155 e. The Morgan fingerprint density at radius 3 is 3.08 bits per heavy atom. The molecule has 2 aliphatic rings. The molecule has 0 bridgehead atoms. The lowest BCUT2D eigenvalue weighted by Crippen LogP contribution is -2.32. The van der Waals surface area contributed by atoms with Crippen LogP contribution in [0.1, 0.15) is 63.3 Å². The molecule has 1 fully saturated rings. The Kier molecular flexibility index (Phi) is 6.00. The smallest absolute Gasteiger partial charge is 0.155 e. The number of ketones is 1. The monoisotopic (exact) mass is 339 g/mol. The number of rotatable bonds is 5. The molecule has 1 aromatic heterocycles. The van der Waals surface area contributed by atoms with Gasteiger partial charge < -0.3 is 5.32 Å². The van der Waals surface area contributed by atoms with Gasteiger partial charge in [-0.2, -0.15) is 0 Å². The molecule has 134 valence electrons. The van der Waals surface area contributed by atoms with Gasteiger partial charge in [0.25, 0.3) is 0 Å². The number of hydrogen-bond donors (Lipinski definition) is 1. The number of allylic oxidation sites excluding steroid dienone is 2. The summed E-state index contributed by atoms with van der Waals surface area (Å²) in [5.41, 5.74) is 2.13. The Balaban J connectivity index is 1.61. The molecule has 3 rings (SSSR count). The number of aromatic nitrogens is 2. The van der Waals surface area contributed by atoms with Crippen molar-refractivity contribution < 1.29 is 4.79 Å². The lowest BCUT2D eigenvalue weighted by Gasteiger charge is -2.34. The number of aryl methyl sites for hydroxylation is 1. The van der Waals surface area contributed by atoms with Gasteiger partial charge in [0.1, 0.15) is 5.82 Å². The fraction of sp³-hybridized carbons (Fsp3) is 0.571. The highest BCUT2D eigenvalue weighted by atomic mass is 16.1. The van der Waals surface area contributed by atoms with Crippen molar-refractivity contribution in [3.8, 4) is 0 Å². The van der Waals surface area contributed by atoms with Crippen LogP contribution in [0.3, 0.4) is 0 Å². The Hall–Kier alpha value is -1.97. The van der Waals surface area contributed by atoms with Crippen molar-refractivity contribution in [2.75, 3.05) is 5.32 Å². The maximum absolute atomic E-state index is 11.6. The van der Waals surface area contributed by atoms with E-state index in [2.05, 4.69) is 36.0 Å². The summed E-state index contributed by atoms with van der Waals surface area (Å²) in [4.78, 5) is 21.1. The van der Waals surface area contributed by atoms with Crippen LogP contribution in [0.2, 0.25) is 0 Å². The van der Waals surface area contributed by atoms with Gasteiger partial charge in [0.05, 0.1) is 17.6 Å². The molecule has 3 atom stereocenters. The van der Waals surface area contributed by atoms with Crippen molar-refractivity contribution in [1.29, 1.82) is 0 Å². The molecule has 1 N–H and O–H groups in total. The van der Waals surface area contributed by atoms with Crippen LogP contribution in [0.15, 0.2) is 24.9 Å². The van der Waals surface area contributed by atoms with Gasteiger partial charge in [-0.15, -0.1) is 0 Å². The molecule has 0 spiro atoms. The number of nitrogens with one attached hydrogen (secondary N) is 1. The van der Waals surface area contributed by atoms with E-state index < -0.39 is 0 Å². The standard InChI is InChI=1S/C21H29N3O/c1-3-18(25)13-16-10-11-17(12-15(16)2)23-21-14-22-19-8-6-4-5-7-9-20(19)24-21/h3,7,9,14-17H,1,4-6,8,10-13H2,2H3,(H,23,24). The first kappa shape index (κ1) is 17.8. The second-order valence-corrected chi connectivity index (χ2v) is 7.50. The summed E-state index contributed by atoms with van der Waals surface area (Å²) in [6.07, 6.45) is 16.1. The van der Waals surface area contributed by atoms with Crippen LogP contribution in [0.25, 0.3) is 6.08 Å². The van der Waals surface area contributed by atoms with E-state index >= 15 is 0 Å². The highest BCUT2D eigenvalue weighted by Crippen LogP contribution is 2.33. The first-order chi connectivity index (χ1) is 12.2. The van der Waals surface area contributed by atoms with Gasteiger partial charge in [0, 0.05) is 12.5 Å². The van der Waals surface area contributed by atoms with Crippen molar-refractivity contribution in [2.45, 2.75) is 64.3 Å². The van der Waals surface area contributed by atoms with E-state index in [-0.39, 0.29) is 5.78 Å². The van der Waals surface area contributed by atoms with Gasteiger partial charge in [-0.25, -0.2) is 4.98 Å². The van der Waals surface area contributed by atoms with E-state index in [0.29, 0.717) is 24.3 Å². The topological polar surface area (TPSA) is 54.9 Å². The van der Waals surface area contributed by atoms with E-state index in [0.717, 1.165) is 49.3 Å². The van der Waals surface area contributed by atoms with E-state index in [1.54, 1.807) is 0 Å². The Morgan fingerprint density at radius 2 is 2.28 bits per heavy atom. The first-order valence-corrected chi connectivity index (χ1v) is 9.60. The molecule has 1 aromatic rings. The number of anilines is 1. The van der Waals surface area contributed by atoms with E-state index in [1.807, 2.05) is 6.20 Å². The highest BCUT2D eigenvalue weighted by molar-refractivity contribution is 5.89. The van der Waals surface area contributed by atoms with Gasteiger partial charge >= 0.3 is 0 Å². The number of carbonyl (C=O) groups is 1. The lowest BCUT2D eigenvalue weighted by molar-refractivity contribution is -0.116. The average Bonchev–Trinajstić information content (AvgIpc) is 2.58. The largest absolute Gasteiger partial charge is 0.366 e. The van der Waals surface area contributed by atoms with Crippen LogP contribution in [-0.2, 0) is 11.2 Å². The van der Waals surface area contributed by atoms with Crippen molar-refractivity contribution in [1.82, 2.24) is 9.97 Å². The number of hydrogen-bond acceptors (Lipinski definition) is 4. The fourth-order valence-electron chi connectivity index (χ4n) is 4.02. The SMILES string of the molecule is C=CC(=O)CC1CCC(Nc2cnc3c(n2)C=CCCCC3)CC1C. The summed E-state index contributed by atoms with van der Waals surface area (Å²) >= 11 is 0. The zero-order valence-corrected chi connectivity index (χ0v) is 15.2. The Labute approximate surface area is 150 Å². The van der Waals surface area contributed by atoms with Gasteiger partial charge in [-0.1, -0.05) is 19.6 Å². The molecule has 0 aliphatic heterocycles. The third kappa shape index (κ3) is 4.77. The molecule has 4 nitrogen and oxygen atoms in total. The minimum absolute atomic E-state index is 0.169. The van der Waals surface area contributed by atoms with Crippen molar-refractivity contribution in [3.05, 3.63) is 36.3 Å². The number of carbonyl (C=O) groups excluding carboxylic acids is 1. The van der Waals surface area contributed by atoms with E-state index in [1.165, 1.54) is 18.9 Å². The van der Waals surface area contributed by atoms with Gasteiger partial charge in [-0.05, 0) is 68.9 Å². The summed E-state index contributed by atoms with van der Waals surface area (Å²) in [5.74, 6) is 2.06. The maximum atomic E-state index is 11.6. The number of nitrogens with zero attached hydrogens (tertiary/aromatic N) is 2. The first-order valence-electron chi connectivity index (χ1n) is 9.60. The molecule has 1 heterocycles. The summed E-state index contributed by atoms with van der Waals surface area (Å²) in [6.45, 7) is 5.84. The van der Waals surface area contributed by atoms with Gasteiger partial charge in [-0.3, -0.25) is 9.78 Å². The van der Waals surface area contributed by atoms with Crippen molar-refractivity contribution in [2.24, 2.45) is 11.8 Å². The van der Waals surface area contributed by atoms with Crippen molar-refractivity contribution in [3.63, 3.8) is 0 Å². The van der Waals surface area contributed by atoms with E-state index in [9.17, 15) is 4.79 Å². The van der Waals surface area contributed by atoms with Gasteiger partial charge in [0.15, 0.2) is 5.78 Å². The molecule has 0 radical (unpaired) electrons. The lowest BCUT2D eigenvalue weighted by atomic mass is 9.75. The van der Waals surface area contributed by atoms with E-state index in [4.69, 9.17) is 4.98 Å². The van der Waals surface area contributed by atoms with Crippen LogP contribution in [-0.4, -0.2) is 21.8 Å². The molecule has 0 amide bonds. The third-order valence-electron chi connectivity index (χ3n) is 5.58. The van der Waals surface area contributed by atoms with Gasteiger partial charge in [0.2, 0.25) is 0 Å². The summed E-state index contributed by atoms with van der Waals surface area (Å²) in [5, 5.41) is 3.57. The Bertz CT molecular complexity index is 653. The zero-order valence-electron chi connectivity index (χ0n) is 15.2. The predicted molar refractivity (Wildman–Crippen MR) is 102 cm³/mol. The number of fused-ring (bicyclic) bond motifs is 1. The molecule has 0 saturated heterocycles. The molecular formula is C21H29N3O. The Morgan fingerprint density at radius 1 is 1.40 bits per heavy atom. The minimum Gasteiger partial charge on any atom is -0.366 e. The second-order valence-electron chi connectivity index (χ2n) is 7.50. The second kappa shape index (κ2) is 8.41. The zero-order chi connectivity index (χ0) is 17.6. The average molecular weight is 339 g/mol. The molecule has 1 saturated carbocycles. The van der Waals surface area contributed by atoms with Crippen molar-refractivity contribution >= 4 is 17.7 Å². The normalized spacial score (nSPS) is 26.2. The predicted octanol–water partition coefficient (Wildman–Crippen LogP) is 4.58. The molecular weight excluding hydrogens is 310 g/mol. The van der Waals surface area contributed by atoms with Crippen LogP contribution in [0.5, 0.6) is 0 Å². The molecule has 0 aromatic carbocycles. The fourth-order valence-corrected chi connectivity index (χ4v) is 4.02.